The summed E-state index contributed by atoms with van der Waals surface area (Å²) in [4.78, 5) is 0. The van der Waals surface area contributed by atoms with Crippen LogP contribution in [-0.4, -0.2) is 33.0 Å². The van der Waals surface area contributed by atoms with E-state index in [9.17, 15) is 4.39 Å². The van der Waals surface area contributed by atoms with E-state index in [2.05, 4.69) is 41.6 Å². The van der Waals surface area contributed by atoms with Crippen molar-refractivity contribution in [2.45, 2.75) is 12.5 Å². The Labute approximate surface area is 167 Å². The van der Waals surface area contributed by atoms with Gasteiger partial charge in [0.15, 0.2) is 5.01 Å². The van der Waals surface area contributed by atoms with Gasteiger partial charge in [-0.2, -0.15) is 5.10 Å². The zero-order valence-electron chi connectivity index (χ0n) is 14.1. The Bertz CT molecular complexity index is 1060. The van der Waals surface area contributed by atoms with Gasteiger partial charge < -0.3 is 11.1 Å². The van der Waals surface area contributed by atoms with Gasteiger partial charge in [0.2, 0.25) is 5.13 Å². The number of aromatic nitrogens is 4. The highest BCUT2D eigenvalue weighted by Gasteiger charge is 2.14. The van der Waals surface area contributed by atoms with Crippen LogP contribution >= 0.6 is 27.3 Å². The highest BCUT2D eigenvalue weighted by Crippen LogP contribution is 2.31. The molecule has 138 valence electrons. The molecule has 4 rings (SSSR count). The van der Waals surface area contributed by atoms with Crippen molar-refractivity contribution in [1.29, 1.82) is 0 Å². The van der Waals surface area contributed by atoms with Crippen LogP contribution in [0.3, 0.4) is 0 Å². The van der Waals surface area contributed by atoms with Gasteiger partial charge in [0.1, 0.15) is 5.82 Å². The number of benzene rings is 2. The van der Waals surface area contributed by atoms with E-state index < -0.39 is 0 Å². The quantitative estimate of drug-likeness (QED) is 0.416. The first-order valence-corrected chi connectivity index (χ1v) is 9.90. The summed E-state index contributed by atoms with van der Waals surface area (Å²) < 4.78 is 15.4. The lowest BCUT2D eigenvalue weighted by Gasteiger charge is -2.12. The van der Waals surface area contributed by atoms with E-state index in [0.29, 0.717) is 27.8 Å². The Morgan fingerprint density at radius 2 is 2.04 bits per heavy atom. The third-order valence-electron chi connectivity index (χ3n) is 4.11. The van der Waals surface area contributed by atoms with Crippen molar-refractivity contribution in [2.24, 2.45) is 5.73 Å². The third-order valence-corrected chi connectivity index (χ3v) is 5.55. The Morgan fingerprint density at radius 1 is 1.22 bits per heavy atom. The minimum Gasteiger partial charge on any atom is -0.359 e. The lowest BCUT2D eigenvalue weighted by Crippen LogP contribution is -2.31. The maximum atomic E-state index is 14.3. The summed E-state index contributed by atoms with van der Waals surface area (Å²) in [6, 6.07) is 11.1. The molecule has 0 spiro atoms. The normalized spacial score (nSPS) is 12.4. The molecule has 1 atom stereocenters. The van der Waals surface area contributed by atoms with Crippen molar-refractivity contribution >= 4 is 43.3 Å². The molecule has 4 N–H and O–H groups in total. The Hall–Kier alpha value is -2.36. The molecule has 2 heterocycles. The number of aromatic amines is 1. The summed E-state index contributed by atoms with van der Waals surface area (Å²) in [5.74, 6) is -0.360. The highest BCUT2D eigenvalue weighted by molar-refractivity contribution is 9.10. The van der Waals surface area contributed by atoms with Gasteiger partial charge in [-0.25, -0.2) is 4.39 Å². The van der Waals surface area contributed by atoms with Gasteiger partial charge in [0, 0.05) is 34.1 Å². The third kappa shape index (κ3) is 4.15. The van der Waals surface area contributed by atoms with Crippen LogP contribution in [0.4, 0.5) is 9.52 Å². The van der Waals surface area contributed by atoms with E-state index in [1.54, 1.807) is 12.3 Å². The first kappa shape index (κ1) is 18.0. The second-order valence-electron chi connectivity index (χ2n) is 6.17. The fraction of sp³-hybridized carbons (Fsp3) is 0.167. The lowest BCUT2D eigenvalue weighted by atomic mass is 10.1. The molecule has 0 saturated heterocycles. The minimum atomic E-state index is -0.360. The number of rotatable bonds is 6. The molecule has 0 saturated carbocycles. The summed E-state index contributed by atoms with van der Waals surface area (Å²) in [5, 5.41) is 20.0. The lowest BCUT2D eigenvalue weighted by molar-refractivity contribution is 0.632. The number of nitrogens with one attached hydrogen (secondary N) is 2. The van der Waals surface area contributed by atoms with Gasteiger partial charge in [-0.05, 0) is 30.2 Å². The van der Waals surface area contributed by atoms with Gasteiger partial charge in [-0.1, -0.05) is 39.4 Å². The molecule has 0 bridgehead atoms. The number of nitrogens with zero attached hydrogens (tertiary/aromatic N) is 3. The highest BCUT2D eigenvalue weighted by atomic mass is 79.9. The number of halogens is 2. The first-order valence-electron chi connectivity index (χ1n) is 8.29. The molecular weight excluding hydrogens is 431 g/mol. The molecule has 0 aliphatic carbocycles. The molecule has 0 radical (unpaired) electrons. The predicted molar refractivity (Wildman–Crippen MR) is 109 cm³/mol. The largest absolute Gasteiger partial charge is 0.359 e. The number of nitrogens with two attached hydrogens (primary N) is 1. The molecule has 2 aromatic carbocycles. The van der Waals surface area contributed by atoms with Gasteiger partial charge in [-0.3, -0.25) is 5.10 Å². The first-order chi connectivity index (χ1) is 13.1. The van der Waals surface area contributed by atoms with Crippen molar-refractivity contribution in [2.75, 3.05) is 11.9 Å². The van der Waals surface area contributed by atoms with E-state index in [1.807, 2.05) is 24.3 Å². The van der Waals surface area contributed by atoms with E-state index in [0.717, 1.165) is 16.3 Å². The van der Waals surface area contributed by atoms with Crippen LogP contribution in [0.5, 0.6) is 0 Å². The molecule has 9 heteroatoms. The van der Waals surface area contributed by atoms with Crippen LogP contribution in [-0.2, 0) is 6.42 Å². The second kappa shape index (κ2) is 7.71. The summed E-state index contributed by atoms with van der Waals surface area (Å²) >= 11 is 4.72. The Kier molecular flexibility index (Phi) is 5.15. The zero-order chi connectivity index (χ0) is 18.8. The van der Waals surface area contributed by atoms with Crippen LogP contribution < -0.4 is 11.1 Å². The average molecular weight is 447 g/mol. The van der Waals surface area contributed by atoms with Crippen molar-refractivity contribution < 1.29 is 4.39 Å². The molecule has 0 aliphatic rings. The van der Waals surface area contributed by atoms with Gasteiger partial charge in [-0.15, -0.1) is 10.2 Å². The Balaban J connectivity index is 1.41. The fourth-order valence-electron chi connectivity index (χ4n) is 2.75. The van der Waals surface area contributed by atoms with Crippen LogP contribution in [0.25, 0.3) is 21.5 Å². The van der Waals surface area contributed by atoms with Gasteiger partial charge >= 0.3 is 0 Å². The molecular formula is C18H16BrFN6S. The van der Waals surface area contributed by atoms with Crippen molar-refractivity contribution in [3.05, 3.63) is 58.4 Å². The number of hydrogen-bond acceptors (Lipinski definition) is 6. The SMILES string of the molecule is N[C@H](CNc1nnc(-c2cc3cn[nH]c3cc2F)s1)Cc1ccc(Br)cc1. The van der Waals surface area contributed by atoms with E-state index >= 15 is 0 Å². The molecule has 0 fully saturated rings. The van der Waals surface area contributed by atoms with Crippen LogP contribution in [0.2, 0.25) is 0 Å². The fourth-order valence-corrected chi connectivity index (χ4v) is 3.78. The molecule has 0 aliphatic heterocycles. The van der Waals surface area contributed by atoms with Gasteiger partial charge in [0.05, 0.1) is 11.7 Å². The number of hydrogen-bond donors (Lipinski definition) is 3. The van der Waals surface area contributed by atoms with Crippen LogP contribution in [0.15, 0.2) is 47.1 Å². The predicted octanol–water partition coefficient (Wildman–Crippen LogP) is 3.96. The Morgan fingerprint density at radius 3 is 2.85 bits per heavy atom. The van der Waals surface area contributed by atoms with E-state index in [1.165, 1.54) is 23.0 Å². The minimum absolute atomic E-state index is 0.0717. The van der Waals surface area contributed by atoms with Crippen LogP contribution in [0.1, 0.15) is 5.56 Å². The van der Waals surface area contributed by atoms with Gasteiger partial charge in [0.25, 0.3) is 0 Å². The molecule has 6 nitrogen and oxygen atoms in total. The van der Waals surface area contributed by atoms with Crippen molar-refractivity contribution in [3.8, 4) is 10.6 Å². The maximum absolute atomic E-state index is 14.3. The topological polar surface area (TPSA) is 92.5 Å². The van der Waals surface area contributed by atoms with E-state index in [4.69, 9.17) is 5.73 Å². The van der Waals surface area contributed by atoms with E-state index in [-0.39, 0.29) is 11.9 Å². The average Bonchev–Trinajstić information content (AvgIpc) is 3.30. The summed E-state index contributed by atoms with van der Waals surface area (Å²) in [6.07, 6.45) is 2.40. The summed E-state index contributed by atoms with van der Waals surface area (Å²) in [6.45, 7) is 0.550. The molecule has 0 amide bonds. The maximum Gasteiger partial charge on any atom is 0.206 e. The molecule has 2 aromatic heterocycles. The summed E-state index contributed by atoms with van der Waals surface area (Å²) in [5.41, 5.74) is 8.43. The smallest absolute Gasteiger partial charge is 0.206 e. The summed E-state index contributed by atoms with van der Waals surface area (Å²) in [7, 11) is 0. The standard InChI is InChI=1S/C18H16BrFN6S/c19-12-3-1-10(2-4-12)5-13(21)9-22-18-26-25-17(27-18)14-6-11-8-23-24-16(11)7-15(14)20/h1-4,6-8,13H,5,9,21H2,(H,22,26)(H,23,24)/t13-/m0/s1. The number of anilines is 1. The molecule has 4 aromatic rings. The zero-order valence-corrected chi connectivity index (χ0v) is 16.5. The second-order valence-corrected chi connectivity index (χ2v) is 8.07. The molecule has 0 unspecified atom stereocenters. The van der Waals surface area contributed by atoms with Crippen molar-refractivity contribution in [3.63, 3.8) is 0 Å². The molecule has 27 heavy (non-hydrogen) atoms. The number of fused-ring (bicyclic) bond motifs is 1. The number of H-pyrrole nitrogens is 1. The van der Waals surface area contributed by atoms with Crippen molar-refractivity contribution in [1.82, 2.24) is 20.4 Å². The monoisotopic (exact) mass is 446 g/mol. The van der Waals surface area contributed by atoms with Crippen LogP contribution in [0, 0.1) is 5.82 Å².